The van der Waals surface area contributed by atoms with Crippen LogP contribution < -0.4 is 0 Å². The van der Waals surface area contributed by atoms with Crippen molar-refractivity contribution in [2.45, 2.75) is 44.7 Å². The minimum Gasteiger partial charge on any atom is -0.296 e. The summed E-state index contributed by atoms with van der Waals surface area (Å²) in [4.78, 5) is 2.57. The summed E-state index contributed by atoms with van der Waals surface area (Å²) >= 11 is 0. The topological polar surface area (TPSA) is 3.24 Å². The largest absolute Gasteiger partial charge is 0.296 e. The Kier molecular flexibility index (Phi) is 1.38. The van der Waals surface area contributed by atoms with Crippen LogP contribution in [0.2, 0.25) is 0 Å². The standard InChI is InChI=1S/C12H17N/c1-3-12-7-6-10(12)11-5-4-9(8-12)13(11)2/h7,9,11H,3-5,8H2,1-2H3/t9-,11+,12-/m1/s1. The maximum absolute atomic E-state index is 3.45. The highest BCUT2D eigenvalue weighted by Crippen LogP contribution is 2.54. The molecule has 2 fully saturated rings. The summed E-state index contributed by atoms with van der Waals surface area (Å²) in [6.45, 7) is 2.32. The van der Waals surface area contributed by atoms with Gasteiger partial charge in [0.2, 0.25) is 0 Å². The first-order valence-corrected chi connectivity index (χ1v) is 5.47. The lowest BCUT2D eigenvalue weighted by molar-refractivity contribution is 0.142. The van der Waals surface area contributed by atoms with E-state index < -0.39 is 0 Å². The molecule has 0 aromatic rings. The van der Waals surface area contributed by atoms with Crippen molar-refractivity contribution in [3.8, 4) is 0 Å². The van der Waals surface area contributed by atoms with Crippen LogP contribution in [-0.2, 0) is 0 Å². The highest BCUT2D eigenvalue weighted by Gasteiger charge is 2.50. The lowest BCUT2D eigenvalue weighted by Crippen LogP contribution is -2.48. The SMILES string of the molecule is CC[C@]12C=C=C1[C@@H]1CC[C@H](C2)N1C. The van der Waals surface area contributed by atoms with Gasteiger partial charge in [-0.3, -0.25) is 4.90 Å². The van der Waals surface area contributed by atoms with Gasteiger partial charge in [0.05, 0.1) is 0 Å². The van der Waals surface area contributed by atoms with Gasteiger partial charge in [0.25, 0.3) is 0 Å². The Balaban J connectivity index is 2.01. The van der Waals surface area contributed by atoms with Crippen molar-refractivity contribution in [2.75, 3.05) is 7.05 Å². The van der Waals surface area contributed by atoms with Gasteiger partial charge < -0.3 is 0 Å². The third kappa shape index (κ3) is 0.775. The van der Waals surface area contributed by atoms with Gasteiger partial charge in [0, 0.05) is 17.5 Å². The molecule has 1 nitrogen and oxygen atoms in total. The van der Waals surface area contributed by atoms with Crippen molar-refractivity contribution in [3.63, 3.8) is 0 Å². The summed E-state index contributed by atoms with van der Waals surface area (Å²) < 4.78 is 0. The van der Waals surface area contributed by atoms with E-state index in [1.165, 1.54) is 25.7 Å². The van der Waals surface area contributed by atoms with Crippen molar-refractivity contribution in [1.29, 1.82) is 0 Å². The lowest BCUT2D eigenvalue weighted by atomic mass is 9.65. The molecular formula is C12H17N. The highest BCUT2D eigenvalue weighted by molar-refractivity contribution is 5.39. The Bertz CT molecular complexity index is 311. The van der Waals surface area contributed by atoms with E-state index in [1.54, 1.807) is 5.57 Å². The number of rotatable bonds is 1. The molecule has 2 heterocycles. The van der Waals surface area contributed by atoms with Crippen LogP contribution in [0, 0.1) is 5.41 Å². The van der Waals surface area contributed by atoms with Crippen molar-refractivity contribution in [3.05, 3.63) is 17.4 Å². The summed E-state index contributed by atoms with van der Waals surface area (Å²) in [5.74, 6) is 0. The summed E-state index contributed by atoms with van der Waals surface area (Å²) in [6.07, 6.45) is 7.76. The second-order valence-electron chi connectivity index (χ2n) is 4.83. The average molecular weight is 175 g/mol. The van der Waals surface area contributed by atoms with Gasteiger partial charge in [0.1, 0.15) is 0 Å². The number of hydrogen-bond donors (Lipinski definition) is 0. The van der Waals surface area contributed by atoms with Crippen LogP contribution in [0.15, 0.2) is 17.4 Å². The van der Waals surface area contributed by atoms with Crippen LogP contribution in [0.3, 0.4) is 0 Å². The summed E-state index contributed by atoms with van der Waals surface area (Å²) in [7, 11) is 2.29. The highest BCUT2D eigenvalue weighted by atomic mass is 15.2. The van der Waals surface area contributed by atoms with Crippen molar-refractivity contribution >= 4 is 0 Å². The zero-order chi connectivity index (χ0) is 9.05. The fourth-order valence-corrected chi connectivity index (χ4v) is 3.42. The van der Waals surface area contributed by atoms with Gasteiger partial charge in [-0.15, -0.1) is 5.73 Å². The van der Waals surface area contributed by atoms with Crippen molar-refractivity contribution in [1.82, 2.24) is 4.90 Å². The van der Waals surface area contributed by atoms with Crippen molar-refractivity contribution < 1.29 is 0 Å². The molecule has 1 aliphatic carbocycles. The minimum absolute atomic E-state index is 0.484. The molecule has 70 valence electrons. The maximum atomic E-state index is 3.45. The third-order valence-corrected chi connectivity index (χ3v) is 4.45. The zero-order valence-electron chi connectivity index (χ0n) is 8.51. The molecule has 3 aliphatic rings. The Morgan fingerprint density at radius 2 is 2.46 bits per heavy atom. The number of piperidine rings is 1. The quantitative estimate of drug-likeness (QED) is 0.553. The van der Waals surface area contributed by atoms with E-state index in [0.717, 1.165) is 12.1 Å². The fourth-order valence-electron chi connectivity index (χ4n) is 3.42. The van der Waals surface area contributed by atoms with Crippen LogP contribution in [0.1, 0.15) is 32.6 Å². The van der Waals surface area contributed by atoms with E-state index in [4.69, 9.17) is 0 Å². The second-order valence-corrected chi connectivity index (χ2v) is 4.83. The zero-order valence-corrected chi connectivity index (χ0v) is 8.51. The van der Waals surface area contributed by atoms with Gasteiger partial charge in [-0.05, 0) is 44.4 Å². The molecule has 0 spiro atoms. The molecule has 2 bridgehead atoms. The third-order valence-electron chi connectivity index (χ3n) is 4.45. The first-order chi connectivity index (χ1) is 6.27. The summed E-state index contributed by atoms with van der Waals surface area (Å²) in [6, 6.07) is 1.59. The molecule has 0 aromatic carbocycles. The molecule has 0 saturated carbocycles. The Morgan fingerprint density at radius 1 is 1.62 bits per heavy atom. The molecule has 0 radical (unpaired) electrons. The lowest BCUT2D eigenvalue weighted by Gasteiger charge is -2.47. The van der Waals surface area contributed by atoms with Crippen LogP contribution >= 0.6 is 0 Å². The van der Waals surface area contributed by atoms with E-state index in [1.807, 2.05) is 0 Å². The average Bonchev–Trinajstić information content (AvgIpc) is 2.37. The first-order valence-electron chi connectivity index (χ1n) is 5.47. The molecule has 0 aromatic heterocycles. The number of fused-ring (bicyclic) bond motifs is 4. The number of nitrogens with zero attached hydrogens (tertiary/aromatic N) is 1. The Morgan fingerprint density at radius 3 is 3.08 bits per heavy atom. The molecule has 0 unspecified atom stereocenters. The molecule has 2 saturated heterocycles. The second kappa shape index (κ2) is 2.29. The molecule has 3 rings (SSSR count). The van der Waals surface area contributed by atoms with Crippen molar-refractivity contribution in [2.24, 2.45) is 5.41 Å². The minimum atomic E-state index is 0.484. The molecular weight excluding hydrogens is 158 g/mol. The molecule has 0 N–H and O–H groups in total. The fraction of sp³-hybridized carbons (Fsp3) is 0.750. The predicted molar refractivity (Wildman–Crippen MR) is 53.5 cm³/mol. The van der Waals surface area contributed by atoms with E-state index in [-0.39, 0.29) is 0 Å². The van der Waals surface area contributed by atoms with Crippen LogP contribution in [0.25, 0.3) is 0 Å². The van der Waals surface area contributed by atoms with E-state index >= 15 is 0 Å². The smallest absolute Gasteiger partial charge is 0.0391 e. The summed E-state index contributed by atoms with van der Waals surface area (Å²) in [5.41, 5.74) is 5.55. The van der Waals surface area contributed by atoms with Gasteiger partial charge in [-0.1, -0.05) is 6.92 Å². The van der Waals surface area contributed by atoms with Crippen LogP contribution in [-0.4, -0.2) is 24.0 Å². The van der Waals surface area contributed by atoms with Gasteiger partial charge >= 0.3 is 0 Å². The maximum Gasteiger partial charge on any atom is 0.0391 e. The monoisotopic (exact) mass is 175 g/mol. The molecule has 1 heteroatoms. The predicted octanol–water partition coefficient (Wildman–Crippen LogP) is 2.34. The molecule has 13 heavy (non-hydrogen) atoms. The normalized spacial score (nSPS) is 47.1. The van der Waals surface area contributed by atoms with Crippen LogP contribution in [0.5, 0.6) is 0 Å². The van der Waals surface area contributed by atoms with E-state index in [2.05, 4.69) is 30.7 Å². The molecule has 3 atom stereocenters. The van der Waals surface area contributed by atoms with E-state index in [9.17, 15) is 0 Å². The van der Waals surface area contributed by atoms with Crippen LogP contribution in [0.4, 0.5) is 0 Å². The number of hydrogen-bond acceptors (Lipinski definition) is 1. The molecule has 2 aliphatic heterocycles. The van der Waals surface area contributed by atoms with Gasteiger partial charge in [0.15, 0.2) is 0 Å². The van der Waals surface area contributed by atoms with Gasteiger partial charge in [-0.25, -0.2) is 0 Å². The Labute approximate surface area is 80.1 Å². The first kappa shape index (κ1) is 7.84. The number of likely N-dealkylation sites (N-methyl/N-ethyl adjacent to an activating group) is 1. The Hall–Kier alpha value is -0.520. The summed E-state index contributed by atoms with van der Waals surface area (Å²) in [5, 5.41) is 0. The molecule has 0 amide bonds. The van der Waals surface area contributed by atoms with E-state index in [0.29, 0.717) is 5.41 Å². The van der Waals surface area contributed by atoms with Gasteiger partial charge in [-0.2, -0.15) is 0 Å².